The molecular weight excluding hydrogens is 394 g/mol. The van der Waals surface area contributed by atoms with Crippen LogP contribution in [-0.4, -0.2) is 64.4 Å². The van der Waals surface area contributed by atoms with E-state index in [4.69, 9.17) is 12.2 Å². The topological polar surface area (TPSA) is 72.6 Å². The third kappa shape index (κ3) is 3.48. The minimum atomic E-state index is -0.313. The smallest absolute Gasteiger partial charge is 0.270 e. The van der Waals surface area contributed by atoms with Crippen LogP contribution in [0.1, 0.15) is 23.6 Å². The molecule has 0 unspecified atom stereocenters. The molecule has 0 aromatic carbocycles. The Hall–Kier alpha value is -2.15. The minimum absolute atomic E-state index is 0.109. The van der Waals surface area contributed by atoms with Crippen LogP contribution in [0, 0.1) is 18.3 Å². The van der Waals surface area contributed by atoms with Crippen molar-refractivity contribution in [2.75, 3.05) is 44.7 Å². The molecule has 0 aliphatic carbocycles. The molecule has 1 amide bonds. The zero-order valence-corrected chi connectivity index (χ0v) is 18.1. The first-order chi connectivity index (χ1) is 13.3. The third-order valence-electron chi connectivity index (χ3n) is 5.24. The summed E-state index contributed by atoms with van der Waals surface area (Å²) in [5.74, 6) is 0.616. The summed E-state index contributed by atoms with van der Waals surface area (Å²) in [6, 6.07) is 2.03. The highest BCUT2D eigenvalue weighted by Crippen LogP contribution is 2.35. The molecule has 0 N–H and O–H groups in total. The van der Waals surface area contributed by atoms with Crippen molar-refractivity contribution < 1.29 is 4.79 Å². The Kier molecular flexibility index (Phi) is 5.93. The highest BCUT2D eigenvalue weighted by Gasteiger charge is 2.32. The second-order valence-electron chi connectivity index (χ2n) is 6.93. The molecule has 0 radical (unpaired) electrons. The van der Waals surface area contributed by atoms with Crippen LogP contribution in [0.3, 0.4) is 0 Å². The van der Waals surface area contributed by atoms with Gasteiger partial charge in [-0.1, -0.05) is 24.0 Å². The number of carbonyl (C=O) groups excluding carboxylic acids is 1. The van der Waals surface area contributed by atoms with Gasteiger partial charge in [-0.2, -0.15) is 5.26 Å². The lowest BCUT2D eigenvalue weighted by Gasteiger charge is -2.36. The molecular formula is C19H23N5O2S2. The van der Waals surface area contributed by atoms with Gasteiger partial charge in [0, 0.05) is 45.3 Å². The number of nitrogens with zero attached hydrogens (tertiary/aromatic N) is 5. The fourth-order valence-corrected chi connectivity index (χ4v) is 4.88. The van der Waals surface area contributed by atoms with Crippen molar-refractivity contribution in [3.8, 4) is 6.07 Å². The lowest BCUT2D eigenvalue weighted by Crippen LogP contribution is -2.46. The average Bonchev–Trinajstić information content (AvgIpc) is 2.94. The number of hydrogen-bond acceptors (Lipinski definition) is 7. The van der Waals surface area contributed by atoms with Gasteiger partial charge in [0.2, 0.25) is 0 Å². The number of anilines is 1. The number of pyridine rings is 1. The number of aromatic nitrogens is 1. The Morgan fingerprint density at radius 2 is 1.86 bits per heavy atom. The molecule has 0 saturated carbocycles. The molecule has 1 aromatic heterocycles. The first kappa shape index (κ1) is 20.6. The Morgan fingerprint density at radius 3 is 2.39 bits per heavy atom. The monoisotopic (exact) mass is 417 g/mol. The fourth-order valence-electron chi connectivity index (χ4n) is 3.52. The van der Waals surface area contributed by atoms with Crippen LogP contribution in [0.25, 0.3) is 6.08 Å². The predicted molar refractivity (Wildman–Crippen MR) is 116 cm³/mol. The van der Waals surface area contributed by atoms with Crippen molar-refractivity contribution in [1.82, 2.24) is 14.4 Å². The molecule has 28 heavy (non-hydrogen) atoms. The minimum Gasteiger partial charge on any atom is -0.355 e. The molecule has 3 heterocycles. The maximum Gasteiger partial charge on any atom is 0.270 e. The van der Waals surface area contributed by atoms with E-state index in [0.717, 1.165) is 37.6 Å². The van der Waals surface area contributed by atoms with Crippen LogP contribution < -0.4 is 10.5 Å². The van der Waals surface area contributed by atoms with Crippen LogP contribution in [-0.2, 0) is 11.8 Å². The molecule has 2 fully saturated rings. The Labute approximate surface area is 174 Å². The Balaban J connectivity index is 2.19. The second-order valence-corrected chi connectivity index (χ2v) is 8.61. The van der Waals surface area contributed by atoms with Gasteiger partial charge in [-0.3, -0.25) is 19.1 Å². The molecule has 2 aliphatic rings. The maximum atomic E-state index is 12.7. The number of nitriles is 1. The summed E-state index contributed by atoms with van der Waals surface area (Å²) in [5.41, 5.74) is 1.13. The van der Waals surface area contributed by atoms with Crippen LogP contribution >= 0.6 is 24.0 Å². The summed E-state index contributed by atoms with van der Waals surface area (Å²) in [4.78, 5) is 31.9. The van der Waals surface area contributed by atoms with Gasteiger partial charge in [-0.05, 0) is 32.5 Å². The van der Waals surface area contributed by atoms with Gasteiger partial charge in [0.05, 0.1) is 4.91 Å². The van der Waals surface area contributed by atoms with Gasteiger partial charge in [-0.25, -0.2) is 0 Å². The van der Waals surface area contributed by atoms with Crippen LogP contribution in [0.4, 0.5) is 5.82 Å². The van der Waals surface area contributed by atoms with Crippen molar-refractivity contribution in [2.45, 2.75) is 13.8 Å². The lowest BCUT2D eigenvalue weighted by molar-refractivity contribution is -0.121. The Morgan fingerprint density at radius 1 is 1.21 bits per heavy atom. The molecule has 148 valence electrons. The van der Waals surface area contributed by atoms with E-state index < -0.39 is 0 Å². The number of amides is 1. The summed E-state index contributed by atoms with van der Waals surface area (Å²) in [5, 5.41) is 9.51. The largest absolute Gasteiger partial charge is 0.355 e. The number of thiocarbonyl (C=S) groups is 1. The third-order valence-corrected chi connectivity index (χ3v) is 6.61. The molecule has 7 nitrogen and oxygen atoms in total. The van der Waals surface area contributed by atoms with E-state index in [1.54, 1.807) is 24.9 Å². The molecule has 9 heteroatoms. The van der Waals surface area contributed by atoms with Crippen molar-refractivity contribution in [1.29, 1.82) is 5.26 Å². The van der Waals surface area contributed by atoms with Crippen molar-refractivity contribution in [3.05, 3.63) is 31.9 Å². The zero-order valence-electron chi connectivity index (χ0n) is 16.5. The summed E-state index contributed by atoms with van der Waals surface area (Å²) in [7, 11) is 3.75. The van der Waals surface area contributed by atoms with Crippen LogP contribution in [0.5, 0.6) is 0 Å². The summed E-state index contributed by atoms with van der Waals surface area (Å²) < 4.78 is 2.06. The van der Waals surface area contributed by atoms with E-state index in [-0.39, 0.29) is 17.0 Å². The second kappa shape index (κ2) is 8.07. The van der Waals surface area contributed by atoms with E-state index in [1.165, 1.54) is 16.3 Å². The highest BCUT2D eigenvalue weighted by atomic mass is 32.2. The Bertz CT molecular complexity index is 968. The first-order valence-electron chi connectivity index (χ1n) is 9.12. The lowest BCUT2D eigenvalue weighted by atomic mass is 10.0. The highest BCUT2D eigenvalue weighted by molar-refractivity contribution is 8.26. The molecule has 3 rings (SSSR count). The van der Waals surface area contributed by atoms with Gasteiger partial charge in [-0.15, -0.1) is 0 Å². The normalized spacial score (nSPS) is 19.6. The van der Waals surface area contributed by atoms with Crippen LogP contribution in [0.15, 0.2) is 9.70 Å². The van der Waals surface area contributed by atoms with Crippen LogP contribution in [0.2, 0.25) is 0 Å². The molecule has 2 saturated heterocycles. The summed E-state index contributed by atoms with van der Waals surface area (Å²) in [6.45, 7) is 7.47. The summed E-state index contributed by atoms with van der Waals surface area (Å²) >= 11 is 6.57. The van der Waals surface area contributed by atoms with Gasteiger partial charge in [0.15, 0.2) is 0 Å². The van der Waals surface area contributed by atoms with E-state index in [1.807, 2.05) is 13.0 Å². The molecule has 2 aliphatic heterocycles. The van der Waals surface area contributed by atoms with Gasteiger partial charge >= 0.3 is 0 Å². The molecule has 0 spiro atoms. The van der Waals surface area contributed by atoms with Gasteiger partial charge < -0.3 is 9.80 Å². The number of likely N-dealkylation sites (N-methyl/N-ethyl adjacent to an activating group) is 2. The standard InChI is InChI=1S/C19H23N5O2S2/c1-5-24-18(26)15(28-19(24)27)10-13-12(2)14(11-20)17(25)22(4)16(13)23-8-6-21(3)7-9-23/h10H,5-9H2,1-4H3. The summed E-state index contributed by atoms with van der Waals surface area (Å²) in [6.07, 6.45) is 1.79. The van der Waals surface area contributed by atoms with E-state index >= 15 is 0 Å². The van der Waals surface area contributed by atoms with Crippen molar-refractivity contribution in [2.24, 2.45) is 7.05 Å². The zero-order chi connectivity index (χ0) is 20.6. The van der Waals surface area contributed by atoms with E-state index in [9.17, 15) is 14.9 Å². The fraction of sp³-hybridized carbons (Fsp3) is 0.474. The first-order valence-corrected chi connectivity index (χ1v) is 10.3. The molecule has 1 aromatic rings. The number of hydrogen-bond donors (Lipinski definition) is 0. The SMILES string of the molecule is CCN1C(=O)C(=Cc2c(C)c(C#N)c(=O)n(C)c2N2CCN(C)CC2)SC1=S. The van der Waals surface area contributed by atoms with E-state index in [0.29, 0.717) is 21.3 Å². The van der Waals surface area contributed by atoms with E-state index in [2.05, 4.69) is 16.8 Å². The van der Waals surface area contributed by atoms with Gasteiger partial charge in [0.25, 0.3) is 11.5 Å². The quantitative estimate of drug-likeness (QED) is 0.546. The van der Waals surface area contributed by atoms with Gasteiger partial charge in [0.1, 0.15) is 21.8 Å². The number of carbonyl (C=O) groups is 1. The average molecular weight is 418 g/mol. The number of rotatable bonds is 3. The predicted octanol–water partition coefficient (Wildman–Crippen LogP) is 1.54. The molecule has 0 bridgehead atoms. The number of piperazine rings is 1. The molecule has 0 atom stereocenters. The van der Waals surface area contributed by atoms with Crippen molar-refractivity contribution in [3.63, 3.8) is 0 Å². The number of thioether (sulfide) groups is 1. The van der Waals surface area contributed by atoms with Crippen molar-refractivity contribution >= 4 is 46.1 Å². The maximum absolute atomic E-state index is 12.7.